The Hall–Kier alpha value is -0.890. The molecule has 0 saturated carbocycles. The third-order valence-electron chi connectivity index (χ3n) is 3.66. The van der Waals surface area contributed by atoms with Gasteiger partial charge in [-0.05, 0) is 44.4 Å². The number of hydrogen-bond donors (Lipinski definition) is 0. The predicted molar refractivity (Wildman–Crippen MR) is 66.7 cm³/mol. The van der Waals surface area contributed by atoms with Gasteiger partial charge in [0.25, 0.3) is 0 Å². The number of nitrogens with zero attached hydrogens (tertiary/aromatic N) is 1. The Bertz CT molecular complexity index is 550. The largest absolute Gasteiger partial charge is 0.234 e. The molecule has 0 aliphatic carbocycles. The molecule has 0 saturated heterocycles. The van der Waals surface area contributed by atoms with Crippen LogP contribution in [0.1, 0.15) is 27.3 Å². The van der Waals surface area contributed by atoms with Gasteiger partial charge in [0.05, 0.1) is 0 Å². The average molecular weight is 220 g/mol. The lowest BCUT2D eigenvalue weighted by molar-refractivity contribution is -0.646. The number of thiazole rings is 1. The van der Waals surface area contributed by atoms with Gasteiger partial charge in [-0.2, -0.15) is 4.57 Å². The molecule has 2 aromatic rings. The molecule has 1 nitrogen and oxygen atoms in total. The highest BCUT2D eigenvalue weighted by molar-refractivity contribution is 7.18. The van der Waals surface area contributed by atoms with Gasteiger partial charge in [-0.1, -0.05) is 11.3 Å². The van der Waals surface area contributed by atoms with Gasteiger partial charge in [0.1, 0.15) is 11.7 Å². The lowest BCUT2D eigenvalue weighted by Gasteiger charge is -2.07. The van der Waals surface area contributed by atoms with E-state index in [1.165, 1.54) is 37.5 Å². The first-order valence-electron chi connectivity index (χ1n) is 5.30. The normalized spacial score (nSPS) is 11.3. The molecule has 0 aliphatic rings. The van der Waals surface area contributed by atoms with Crippen molar-refractivity contribution in [2.75, 3.05) is 0 Å². The van der Waals surface area contributed by atoms with Crippen molar-refractivity contribution in [2.45, 2.75) is 34.6 Å². The lowest BCUT2D eigenvalue weighted by Crippen LogP contribution is -2.29. The van der Waals surface area contributed by atoms with Crippen LogP contribution in [0.25, 0.3) is 10.2 Å². The van der Waals surface area contributed by atoms with Gasteiger partial charge in [0.15, 0.2) is 0 Å². The third kappa shape index (κ3) is 1.31. The number of fused-ring (bicyclic) bond motifs is 1. The SMILES string of the molecule is Cc1c(C)c(C)c2c(sc(C)[n+]2C)c1C. The van der Waals surface area contributed by atoms with Crippen LogP contribution in [0, 0.1) is 34.6 Å². The highest BCUT2D eigenvalue weighted by Crippen LogP contribution is 2.31. The van der Waals surface area contributed by atoms with Gasteiger partial charge in [0.2, 0.25) is 10.5 Å². The Labute approximate surface area is 95.4 Å². The van der Waals surface area contributed by atoms with Crippen molar-refractivity contribution in [3.8, 4) is 0 Å². The van der Waals surface area contributed by atoms with Crippen molar-refractivity contribution < 1.29 is 4.57 Å². The second-order valence-electron chi connectivity index (χ2n) is 4.36. The van der Waals surface area contributed by atoms with Crippen LogP contribution in [-0.2, 0) is 7.05 Å². The van der Waals surface area contributed by atoms with Crippen LogP contribution in [0.2, 0.25) is 0 Å². The number of rotatable bonds is 0. The fourth-order valence-corrected chi connectivity index (χ4v) is 3.38. The van der Waals surface area contributed by atoms with Crippen molar-refractivity contribution >= 4 is 21.6 Å². The predicted octanol–water partition coefficient (Wildman–Crippen LogP) is 3.27. The minimum Gasteiger partial charge on any atom is -0.189 e. The van der Waals surface area contributed by atoms with Crippen molar-refractivity contribution in [1.82, 2.24) is 0 Å². The summed E-state index contributed by atoms with van der Waals surface area (Å²) in [6.07, 6.45) is 0. The Kier molecular flexibility index (Phi) is 2.34. The van der Waals surface area contributed by atoms with Crippen LogP contribution in [0.4, 0.5) is 0 Å². The Morgan fingerprint density at radius 1 is 0.800 bits per heavy atom. The van der Waals surface area contributed by atoms with Crippen LogP contribution in [-0.4, -0.2) is 0 Å². The van der Waals surface area contributed by atoms with E-state index in [-0.39, 0.29) is 0 Å². The quantitative estimate of drug-likeness (QED) is 0.600. The first kappa shape index (κ1) is 10.6. The van der Waals surface area contributed by atoms with Crippen LogP contribution in [0.5, 0.6) is 0 Å². The highest BCUT2D eigenvalue weighted by atomic mass is 32.1. The van der Waals surface area contributed by atoms with Gasteiger partial charge < -0.3 is 0 Å². The van der Waals surface area contributed by atoms with Crippen molar-refractivity contribution in [2.24, 2.45) is 7.05 Å². The minimum atomic E-state index is 1.38. The molecule has 2 heteroatoms. The standard InChI is InChI=1S/C13H18NS/c1-7-8(2)10(4)13-12(9(7)3)14(6)11(5)15-13/h1-6H3/q+1. The van der Waals surface area contributed by atoms with Gasteiger partial charge in [0, 0.05) is 12.5 Å². The summed E-state index contributed by atoms with van der Waals surface area (Å²) in [7, 11) is 2.16. The maximum atomic E-state index is 2.31. The van der Waals surface area contributed by atoms with Crippen molar-refractivity contribution in [1.29, 1.82) is 0 Å². The van der Waals surface area contributed by atoms with Gasteiger partial charge >= 0.3 is 0 Å². The zero-order valence-electron chi connectivity index (χ0n) is 10.4. The molecule has 80 valence electrons. The molecule has 0 unspecified atom stereocenters. The summed E-state index contributed by atoms with van der Waals surface area (Å²) in [5, 5.41) is 1.38. The maximum absolute atomic E-state index is 2.31. The molecule has 0 radical (unpaired) electrons. The summed E-state index contributed by atoms with van der Waals surface area (Å²) < 4.78 is 3.77. The molecular weight excluding hydrogens is 202 g/mol. The second-order valence-corrected chi connectivity index (χ2v) is 5.56. The summed E-state index contributed by atoms with van der Waals surface area (Å²) in [5.74, 6) is 0. The number of benzene rings is 1. The summed E-state index contributed by atoms with van der Waals surface area (Å²) in [4.78, 5) is 0. The molecule has 2 rings (SSSR count). The van der Waals surface area contributed by atoms with Crippen LogP contribution >= 0.6 is 11.3 Å². The molecule has 1 aromatic heterocycles. The summed E-state index contributed by atoms with van der Waals surface area (Å²) >= 11 is 1.91. The zero-order valence-corrected chi connectivity index (χ0v) is 11.2. The second kappa shape index (κ2) is 3.31. The molecule has 0 fully saturated rings. The first-order chi connectivity index (χ1) is 6.95. The van der Waals surface area contributed by atoms with Gasteiger partial charge in [-0.25, -0.2) is 0 Å². The van der Waals surface area contributed by atoms with E-state index >= 15 is 0 Å². The zero-order chi connectivity index (χ0) is 11.3. The maximum Gasteiger partial charge on any atom is 0.234 e. The fraction of sp³-hybridized carbons (Fsp3) is 0.462. The molecule has 1 aromatic carbocycles. The molecule has 0 spiro atoms. The van der Waals surface area contributed by atoms with Crippen molar-refractivity contribution in [3.05, 3.63) is 27.3 Å². The van der Waals surface area contributed by atoms with E-state index < -0.39 is 0 Å². The van der Waals surface area contributed by atoms with E-state index in [2.05, 4.69) is 46.2 Å². The number of aryl methyl sites for hydroxylation is 4. The topological polar surface area (TPSA) is 3.88 Å². The minimum absolute atomic E-state index is 1.38. The van der Waals surface area contributed by atoms with E-state index in [1.807, 2.05) is 11.3 Å². The third-order valence-corrected chi connectivity index (χ3v) is 4.93. The fourth-order valence-electron chi connectivity index (χ4n) is 2.16. The summed E-state index contributed by atoms with van der Waals surface area (Å²) in [5.41, 5.74) is 7.18. The molecule has 0 N–H and O–H groups in total. The molecule has 0 bridgehead atoms. The van der Waals surface area contributed by atoms with Crippen LogP contribution < -0.4 is 4.57 Å². The van der Waals surface area contributed by atoms with Crippen LogP contribution in [0.15, 0.2) is 0 Å². The summed E-state index contributed by atoms with van der Waals surface area (Å²) in [6, 6.07) is 0. The Morgan fingerprint density at radius 2 is 1.33 bits per heavy atom. The van der Waals surface area contributed by atoms with E-state index in [9.17, 15) is 0 Å². The van der Waals surface area contributed by atoms with E-state index in [0.717, 1.165) is 0 Å². The van der Waals surface area contributed by atoms with Crippen LogP contribution in [0.3, 0.4) is 0 Å². The highest BCUT2D eigenvalue weighted by Gasteiger charge is 2.20. The van der Waals surface area contributed by atoms with E-state index in [0.29, 0.717) is 0 Å². The average Bonchev–Trinajstić information content (AvgIpc) is 2.50. The molecule has 0 aliphatic heterocycles. The van der Waals surface area contributed by atoms with Gasteiger partial charge in [-0.15, -0.1) is 0 Å². The van der Waals surface area contributed by atoms with E-state index in [4.69, 9.17) is 0 Å². The van der Waals surface area contributed by atoms with Crippen molar-refractivity contribution in [3.63, 3.8) is 0 Å². The van der Waals surface area contributed by atoms with E-state index in [1.54, 1.807) is 0 Å². The molecule has 0 atom stereocenters. The molecule has 1 heterocycles. The summed E-state index contributed by atoms with van der Waals surface area (Å²) in [6.45, 7) is 11.1. The van der Waals surface area contributed by atoms with Gasteiger partial charge in [-0.3, -0.25) is 0 Å². The monoisotopic (exact) mass is 220 g/mol. The molecule has 15 heavy (non-hydrogen) atoms. The number of aromatic nitrogens is 1. The Morgan fingerprint density at radius 3 is 1.93 bits per heavy atom. The molecule has 0 amide bonds. The first-order valence-corrected chi connectivity index (χ1v) is 6.12. The molecular formula is C13H18NS+. The Balaban J connectivity index is 3.07. The smallest absolute Gasteiger partial charge is 0.189 e. The number of hydrogen-bond acceptors (Lipinski definition) is 1. The lowest BCUT2D eigenvalue weighted by atomic mass is 9.98.